The second-order valence-electron chi connectivity index (χ2n) is 4.71. The Morgan fingerprint density at radius 1 is 1.36 bits per heavy atom. The zero-order valence-corrected chi connectivity index (χ0v) is 12.0. The number of anilines is 1. The summed E-state index contributed by atoms with van der Waals surface area (Å²) in [6, 6.07) is 7.02. The minimum absolute atomic E-state index is 0.341. The first kappa shape index (κ1) is 13.9. The Labute approximate surface area is 127 Å². The Morgan fingerprint density at radius 3 is 3.00 bits per heavy atom. The van der Waals surface area contributed by atoms with Crippen LogP contribution in [0.2, 0.25) is 0 Å². The summed E-state index contributed by atoms with van der Waals surface area (Å²) in [6.45, 7) is 2.38. The van der Waals surface area contributed by atoms with Gasteiger partial charge in [-0.2, -0.15) is 0 Å². The fourth-order valence-electron chi connectivity index (χ4n) is 2.10. The minimum Gasteiger partial charge on any atom is -0.443 e. The molecule has 1 aromatic heterocycles. The van der Waals surface area contributed by atoms with Crippen LogP contribution < -0.4 is 10.7 Å². The smallest absolute Gasteiger partial charge is 0.338 e. The van der Waals surface area contributed by atoms with Gasteiger partial charge in [0.2, 0.25) is 0 Å². The fraction of sp³-hybridized carbons (Fsp3) is 0.133. The van der Waals surface area contributed by atoms with Gasteiger partial charge in [0.25, 0.3) is 0 Å². The van der Waals surface area contributed by atoms with Crippen LogP contribution in [0.25, 0.3) is 11.3 Å². The first-order chi connectivity index (χ1) is 10.7. The van der Waals surface area contributed by atoms with Crippen LogP contribution in [0.5, 0.6) is 0 Å². The molecule has 112 valence electrons. The molecule has 0 fully saturated rings. The predicted octanol–water partition coefficient (Wildman–Crippen LogP) is 2.63. The van der Waals surface area contributed by atoms with Crippen molar-refractivity contribution in [2.75, 3.05) is 11.9 Å². The Bertz CT molecular complexity index is 721. The van der Waals surface area contributed by atoms with Gasteiger partial charge in [-0.15, -0.1) is 0 Å². The molecule has 0 radical (unpaired) electrons. The number of hydrogen-bond donors (Lipinski definition) is 2. The number of benzene rings is 1. The molecule has 0 saturated heterocycles. The van der Waals surface area contributed by atoms with E-state index >= 15 is 0 Å². The van der Waals surface area contributed by atoms with E-state index in [9.17, 15) is 4.79 Å². The summed E-state index contributed by atoms with van der Waals surface area (Å²) < 4.78 is 5.29. The number of para-hydroxylation sites is 1. The summed E-state index contributed by atoms with van der Waals surface area (Å²) in [5.74, 6) is 0.594. The van der Waals surface area contributed by atoms with Crippen molar-refractivity contribution in [2.24, 2.45) is 4.99 Å². The van der Waals surface area contributed by atoms with E-state index in [0.29, 0.717) is 18.0 Å². The molecule has 0 aliphatic carbocycles. The van der Waals surface area contributed by atoms with Crippen molar-refractivity contribution in [3.8, 4) is 11.3 Å². The molecule has 0 spiro atoms. The van der Waals surface area contributed by atoms with Gasteiger partial charge in [-0.25, -0.2) is 15.2 Å². The number of carbonyl (C=O) groups is 1. The van der Waals surface area contributed by atoms with Gasteiger partial charge in [-0.1, -0.05) is 12.1 Å². The van der Waals surface area contributed by atoms with E-state index in [1.54, 1.807) is 29.7 Å². The molecule has 1 aromatic carbocycles. The summed E-state index contributed by atoms with van der Waals surface area (Å²) in [7, 11) is 0. The van der Waals surface area contributed by atoms with E-state index in [1.165, 1.54) is 6.39 Å². The van der Waals surface area contributed by atoms with E-state index < -0.39 is 0 Å². The lowest BCUT2D eigenvalue weighted by atomic mass is 10.1. The van der Waals surface area contributed by atoms with Crippen molar-refractivity contribution in [1.82, 2.24) is 15.4 Å². The lowest BCUT2D eigenvalue weighted by Gasteiger charge is -2.22. The van der Waals surface area contributed by atoms with Gasteiger partial charge >= 0.3 is 6.03 Å². The first-order valence-corrected chi connectivity index (χ1v) is 6.75. The van der Waals surface area contributed by atoms with E-state index in [1.807, 2.05) is 25.1 Å². The van der Waals surface area contributed by atoms with E-state index in [0.717, 1.165) is 11.3 Å². The van der Waals surface area contributed by atoms with Crippen LogP contribution in [0.4, 0.5) is 10.5 Å². The summed E-state index contributed by atoms with van der Waals surface area (Å²) in [5.41, 5.74) is 4.97. The number of hydrazine groups is 1. The number of aliphatic imine (C=N–C) groups is 1. The maximum atomic E-state index is 12.1. The van der Waals surface area contributed by atoms with Crippen molar-refractivity contribution in [1.29, 1.82) is 0 Å². The van der Waals surface area contributed by atoms with E-state index in [-0.39, 0.29) is 6.03 Å². The fourth-order valence-corrected chi connectivity index (χ4v) is 2.10. The van der Waals surface area contributed by atoms with Gasteiger partial charge in [0.1, 0.15) is 0 Å². The van der Waals surface area contributed by atoms with Crippen molar-refractivity contribution < 1.29 is 9.21 Å². The molecule has 1 aliphatic rings. The molecule has 7 nitrogen and oxygen atoms in total. The molecule has 1 aliphatic heterocycles. The lowest BCUT2D eigenvalue weighted by molar-refractivity contribution is 0.227. The van der Waals surface area contributed by atoms with Crippen molar-refractivity contribution in [3.05, 3.63) is 48.8 Å². The van der Waals surface area contributed by atoms with Gasteiger partial charge in [-0.05, 0) is 19.1 Å². The van der Waals surface area contributed by atoms with Crippen molar-refractivity contribution in [2.45, 2.75) is 6.92 Å². The highest BCUT2D eigenvalue weighted by Crippen LogP contribution is 2.27. The average Bonchev–Trinajstić information content (AvgIpc) is 3.02. The molecule has 0 unspecified atom stereocenters. The number of amides is 2. The van der Waals surface area contributed by atoms with Gasteiger partial charge in [0.05, 0.1) is 24.1 Å². The molecule has 2 amide bonds. The monoisotopic (exact) mass is 297 g/mol. The third-order valence-electron chi connectivity index (χ3n) is 3.03. The minimum atomic E-state index is -0.341. The number of allylic oxidation sites excluding steroid dienone is 1. The summed E-state index contributed by atoms with van der Waals surface area (Å²) in [4.78, 5) is 20.1. The quantitative estimate of drug-likeness (QED) is 0.912. The van der Waals surface area contributed by atoms with Gasteiger partial charge in [0, 0.05) is 18.0 Å². The largest absolute Gasteiger partial charge is 0.443 e. The van der Waals surface area contributed by atoms with Crippen LogP contribution in [-0.4, -0.2) is 28.8 Å². The highest BCUT2D eigenvalue weighted by molar-refractivity contribution is 5.93. The Kier molecular flexibility index (Phi) is 3.86. The van der Waals surface area contributed by atoms with Crippen LogP contribution in [0, 0.1) is 0 Å². The Morgan fingerprint density at radius 2 is 2.23 bits per heavy atom. The second kappa shape index (κ2) is 6.13. The third-order valence-corrected chi connectivity index (χ3v) is 3.03. The standard InChI is InChI=1S/C15H15N5O2/c1-11-9-20(7-6-17-11)19-15(21)18-13-5-3-2-4-12(13)14-8-16-10-22-14/h2-6,8-10H,7H2,1H3,(H2,18,19,21). The summed E-state index contributed by atoms with van der Waals surface area (Å²) in [6.07, 6.45) is 6.46. The topological polar surface area (TPSA) is 82.8 Å². The van der Waals surface area contributed by atoms with Crippen molar-refractivity contribution >= 4 is 17.9 Å². The molecule has 2 aromatic rings. The van der Waals surface area contributed by atoms with Crippen molar-refractivity contribution in [3.63, 3.8) is 0 Å². The average molecular weight is 297 g/mol. The molecular formula is C15H15N5O2. The van der Waals surface area contributed by atoms with E-state index in [4.69, 9.17) is 4.42 Å². The highest BCUT2D eigenvalue weighted by Gasteiger charge is 2.12. The van der Waals surface area contributed by atoms with Crippen LogP contribution in [-0.2, 0) is 0 Å². The molecular weight excluding hydrogens is 282 g/mol. The van der Waals surface area contributed by atoms with Gasteiger partial charge in [0.15, 0.2) is 12.2 Å². The third kappa shape index (κ3) is 3.14. The highest BCUT2D eigenvalue weighted by atomic mass is 16.3. The molecule has 3 rings (SSSR count). The number of rotatable bonds is 3. The molecule has 0 saturated carbocycles. The number of aromatic nitrogens is 1. The van der Waals surface area contributed by atoms with E-state index in [2.05, 4.69) is 20.7 Å². The summed E-state index contributed by atoms with van der Waals surface area (Å²) >= 11 is 0. The van der Waals surface area contributed by atoms with Crippen LogP contribution in [0.1, 0.15) is 6.92 Å². The molecule has 22 heavy (non-hydrogen) atoms. The lowest BCUT2D eigenvalue weighted by Crippen LogP contribution is -2.43. The Balaban J connectivity index is 1.71. The van der Waals surface area contributed by atoms with Gasteiger partial charge < -0.3 is 9.73 Å². The zero-order valence-electron chi connectivity index (χ0n) is 12.0. The zero-order chi connectivity index (χ0) is 15.4. The number of urea groups is 1. The van der Waals surface area contributed by atoms with Crippen LogP contribution in [0.15, 0.2) is 58.2 Å². The first-order valence-electron chi connectivity index (χ1n) is 6.75. The number of carbonyl (C=O) groups excluding carboxylic acids is 1. The second-order valence-corrected chi connectivity index (χ2v) is 4.71. The molecule has 0 atom stereocenters. The predicted molar refractivity (Wildman–Crippen MR) is 83.0 cm³/mol. The molecule has 7 heteroatoms. The molecule has 2 heterocycles. The van der Waals surface area contributed by atoms with Crippen LogP contribution in [0.3, 0.4) is 0 Å². The number of oxazole rings is 1. The maximum absolute atomic E-state index is 12.1. The number of nitrogens with one attached hydrogen (secondary N) is 2. The number of hydrogen-bond acceptors (Lipinski definition) is 5. The Hall–Kier alpha value is -3.09. The van der Waals surface area contributed by atoms with Gasteiger partial charge in [-0.3, -0.25) is 10.0 Å². The number of nitrogens with zero attached hydrogens (tertiary/aromatic N) is 3. The SMILES string of the molecule is CC1=CN(NC(=O)Nc2ccccc2-c2cnco2)CC=N1. The summed E-state index contributed by atoms with van der Waals surface area (Å²) in [5, 5.41) is 4.47. The van der Waals surface area contributed by atoms with Crippen LogP contribution >= 0.6 is 0 Å². The molecule has 2 N–H and O–H groups in total. The molecule has 0 bridgehead atoms. The normalized spacial score (nSPS) is 13.7. The maximum Gasteiger partial charge on any atom is 0.338 e.